The van der Waals surface area contributed by atoms with Gasteiger partial charge in [-0.25, -0.2) is 13.6 Å². The van der Waals surface area contributed by atoms with Crippen LogP contribution in [0.25, 0.3) is 0 Å². The smallest absolute Gasteiger partial charge is 0.238 e. The van der Waals surface area contributed by atoms with Crippen LogP contribution in [0.3, 0.4) is 0 Å². The molecule has 0 unspecified atom stereocenters. The predicted octanol–water partition coefficient (Wildman–Crippen LogP) is 2.08. The van der Waals surface area contributed by atoms with Gasteiger partial charge in [-0.05, 0) is 48.4 Å². The molecule has 0 saturated heterocycles. The Bertz CT molecular complexity index is 723. The van der Waals surface area contributed by atoms with Crippen molar-refractivity contribution >= 4 is 27.3 Å². The van der Waals surface area contributed by atoms with E-state index in [0.717, 1.165) is 18.4 Å². The number of hydrogen-bond acceptors (Lipinski definition) is 4. The summed E-state index contributed by atoms with van der Waals surface area (Å²) in [5.74, 6) is 0.0442. The largest absolute Gasteiger partial charge is 0.356 e. The molecule has 0 fully saturated rings. The molecule has 23 heavy (non-hydrogen) atoms. The van der Waals surface area contributed by atoms with E-state index >= 15 is 0 Å². The Morgan fingerprint density at radius 2 is 1.87 bits per heavy atom. The predicted molar refractivity (Wildman–Crippen MR) is 91.8 cm³/mol. The van der Waals surface area contributed by atoms with Crippen molar-refractivity contribution in [3.8, 4) is 0 Å². The van der Waals surface area contributed by atoms with E-state index in [4.69, 9.17) is 5.14 Å². The summed E-state index contributed by atoms with van der Waals surface area (Å²) in [6.07, 6.45) is 2.94. The van der Waals surface area contributed by atoms with Gasteiger partial charge in [-0.1, -0.05) is 18.2 Å². The van der Waals surface area contributed by atoms with E-state index in [9.17, 15) is 13.2 Å². The number of nitrogens with one attached hydrogen (secondary N) is 1. The second kappa shape index (κ2) is 8.24. The average Bonchev–Trinajstić information content (AvgIpc) is 3.00. The van der Waals surface area contributed by atoms with Crippen molar-refractivity contribution in [2.24, 2.45) is 5.14 Å². The van der Waals surface area contributed by atoms with Crippen LogP contribution in [0.4, 0.5) is 0 Å². The van der Waals surface area contributed by atoms with E-state index in [2.05, 4.69) is 11.4 Å². The standard InChI is InChI=1S/C16H20N2O3S2/c17-23(20,21)15-8-6-13(7-9-15)10-11-18-16(19)5-1-3-14-4-2-12-22-14/h2,4,6-9,12H,1,3,5,10-11H2,(H,18,19)(H2,17,20,21). The van der Waals surface area contributed by atoms with Gasteiger partial charge in [-0.15, -0.1) is 11.3 Å². The lowest BCUT2D eigenvalue weighted by Gasteiger charge is -2.06. The molecule has 0 saturated carbocycles. The van der Waals surface area contributed by atoms with Crippen molar-refractivity contribution in [1.82, 2.24) is 5.32 Å². The molecule has 0 radical (unpaired) electrons. The molecular weight excluding hydrogens is 332 g/mol. The lowest BCUT2D eigenvalue weighted by atomic mass is 10.1. The summed E-state index contributed by atoms with van der Waals surface area (Å²) in [6, 6.07) is 10.5. The van der Waals surface area contributed by atoms with Crippen LogP contribution < -0.4 is 10.5 Å². The highest BCUT2D eigenvalue weighted by atomic mass is 32.2. The van der Waals surface area contributed by atoms with E-state index < -0.39 is 10.0 Å². The van der Waals surface area contributed by atoms with Crippen molar-refractivity contribution in [2.75, 3.05) is 6.54 Å². The van der Waals surface area contributed by atoms with Gasteiger partial charge in [0.25, 0.3) is 0 Å². The number of rotatable bonds is 8. The highest BCUT2D eigenvalue weighted by Crippen LogP contribution is 2.12. The molecule has 0 aliphatic carbocycles. The van der Waals surface area contributed by atoms with E-state index in [0.29, 0.717) is 19.4 Å². The van der Waals surface area contributed by atoms with Crippen LogP contribution in [0.2, 0.25) is 0 Å². The number of primary sulfonamides is 1. The second-order valence-corrected chi connectivity index (χ2v) is 7.82. The number of benzene rings is 1. The van der Waals surface area contributed by atoms with Crippen molar-refractivity contribution < 1.29 is 13.2 Å². The topological polar surface area (TPSA) is 89.3 Å². The number of nitrogens with two attached hydrogens (primary N) is 1. The lowest BCUT2D eigenvalue weighted by molar-refractivity contribution is -0.121. The molecule has 124 valence electrons. The molecule has 2 aromatic rings. The van der Waals surface area contributed by atoms with E-state index in [1.54, 1.807) is 23.5 Å². The number of aryl methyl sites for hydroxylation is 1. The zero-order valence-electron chi connectivity index (χ0n) is 12.7. The molecule has 0 spiro atoms. The van der Waals surface area contributed by atoms with Crippen molar-refractivity contribution in [1.29, 1.82) is 0 Å². The van der Waals surface area contributed by atoms with Crippen molar-refractivity contribution in [3.05, 3.63) is 52.2 Å². The molecule has 1 aromatic heterocycles. The van der Waals surface area contributed by atoms with E-state index in [1.165, 1.54) is 17.0 Å². The van der Waals surface area contributed by atoms with E-state index in [1.807, 2.05) is 11.4 Å². The van der Waals surface area contributed by atoms with Gasteiger partial charge >= 0.3 is 0 Å². The number of sulfonamides is 1. The molecular formula is C16H20N2O3S2. The average molecular weight is 352 g/mol. The molecule has 0 aliphatic heterocycles. The van der Waals surface area contributed by atoms with Crippen LogP contribution in [-0.2, 0) is 27.7 Å². The SMILES string of the molecule is NS(=O)(=O)c1ccc(CCNC(=O)CCCc2cccs2)cc1. The Morgan fingerprint density at radius 1 is 1.13 bits per heavy atom. The maximum atomic E-state index is 11.7. The summed E-state index contributed by atoms with van der Waals surface area (Å²) in [6.45, 7) is 0.534. The molecule has 0 atom stereocenters. The summed E-state index contributed by atoms with van der Waals surface area (Å²) in [5, 5.41) is 9.96. The summed E-state index contributed by atoms with van der Waals surface area (Å²) in [7, 11) is -3.65. The molecule has 0 aliphatic rings. The number of thiophene rings is 1. The van der Waals surface area contributed by atoms with Crippen LogP contribution in [0.15, 0.2) is 46.7 Å². The summed E-state index contributed by atoms with van der Waals surface area (Å²) in [5.41, 5.74) is 0.955. The Balaban J connectivity index is 1.67. The van der Waals surface area contributed by atoms with Gasteiger partial charge in [0.15, 0.2) is 0 Å². The normalized spacial score (nSPS) is 11.3. The third-order valence-electron chi connectivity index (χ3n) is 3.39. The number of carbonyl (C=O) groups is 1. The van der Waals surface area contributed by atoms with Crippen LogP contribution in [0.5, 0.6) is 0 Å². The number of amides is 1. The molecule has 7 heteroatoms. The second-order valence-electron chi connectivity index (χ2n) is 5.22. The van der Waals surface area contributed by atoms with Crippen LogP contribution in [-0.4, -0.2) is 20.9 Å². The van der Waals surface area contributed by atoms with Crippen LogP contribution in [0, 0.1) is 0 Å². The first kappa shape index (κ1) is 17.7. The van der Waals surface area contributed by atoms with Crippen molar-refractivity contribution in [2.45, 2.75) is 30.6 Å². The molecule has 2 rings (SSSR count). The first-order valence-electron chi connectivity index (χ1n) is 7.36. The van der Waals surface area contributed by atoms with Gasteiger partial charge in [0.2, 0.25) is 15.9 Å². The minimum atomic E-state index is -3.65. The summed E-state index contributed by atoms with van der Waals surface area (Å²) in [4.78, 5) is 13.1. The van der Waals surface area contributed by atoms with Gasteiger partial charge in [-0.3, -0.25) is 4.79 Å². The third kappa shape index (κ3) is 6.13. The lowest BCUT2D eigenvalue weighted by Crippen LogP contribution is -2.25. The number of hydrogen-bond donors (Lipinski definition) is 2. The Labute approximate surface area is 140 Å². The molecule has 5 nitrogen and oxygen atoms in total. The fourth-order valence-electron chi connectivity index (χ4n) is 2.16. The van der Waals surface area contributed by atoms with Crippen LogP contribution in [0.1, 0.15) is 23.3 Å². The minimum Gasteiger partial charge on any atom is -0.356 e. The monoisotopic (exact) mass is 352 g/mol. The minimum absolute atomic E-state index is 0.0442. The summed E-state index contributed by atoms with van der Waals surface area (Å²) >= 11 is 1.71. The zero-order chi connectivity index (χ0) is 16.7. The highest BCUT2D eigenvalue weighted by molar-refractivity contribution is 7.89. The fraction of sp³-hybridized carbons (Fsp3) is 0.312. The third-order valence-corrected chi connectivity index (χ3v) is 5.26. The Kier molecular flexibility index (Phi) is 6.32. The fourth-order valence-corrected chi connectivity index (χ4v) is 3.43. The van der Waals surface area contributed by atoms with Gasteiger partial charge in [0, 0.05) is 17.8 Å². The Hall–Kier alpha value is -1.70. The van der Waals surface area contributed by atoms with Gasteiger partial charge < -0.3 is 5.32 Å². The molecule has 1 heterocycles. The highest BCUT2D eigenvalue weighted by Gasteiger charge is 2.07. The quantitative estimate of drug-likeness (QED) is 0.762. The van der Waals surface area contributed by atoms with Crippen molar-refractivity contribution in [3.63, 3.8) is 0 Å². The maximum absolute atomic E-state index is 11.7. The molecule has 3 N–H and O–H groups in total. The maximum Gasteiger partial charge on any atom is 0.238 e. The first-order valence-corrected chi connectivity index (χ1v) is 9.78. The zero-order valence-corrected chi connectivity index (χ0v) is 14.3. The van der Waals surface area contributed by atoms with Gasteiger partial charge in [0.05, 0.1) is 4.90 Å². The molecule has 1 amide bonds. The Morgan fingerprint density at radius 3 is 2.48 bits per heavy atom. The van der Waals surface area contributed by atoms with Gasteiger partial charge in [0.1, 0.15) is 0 Å². The van der Waals surface area contributed by atoms with Gasteiger partial charge in [-0.2, -0.15) is 0 Å². The first-order chi connectivity index (χ1) is 10.9. The molecule has 0 bridgehead atoms. The van der Waals surface area contributed by atoms with Crippen LogP contribution >= 0.6 is 11.3 Å². The summed E-state index contributed by atoms with van der Waals surface area (Å²) < 4.78 is 22.3. The van der Waals surface area contributed by atoms with E-state index in [-0.39, 0.29) is 10.8 Å². The molecule has 1 aromatic carbocycles. The number of carbonyl (C=O) groups excluding carboxylic acids is 1.